The van der Waals surface area contributed by atoms with Crippen LogP contribution >= 0.6 is 24.0 Å². The van der Waals surface area contributed by atoms with Gasteiger partial charge in [0.05, 0.1) is 0 Å². The highest BCUT2D eigenvalue weighted by Crippen LogP contribution is 2.20. The minimum Gasteiger partial charge on any atom is -0.370 e. The first kappa shape index (κ1) is 18.4. The minimum absolute atomic E-state index is 0. The van der Waals surface area contributed by atoms with Gasteiger partial charge in [-0.1, -0.05) is 27.7 Å². The zero-order valence-electron chi connectivity index (χ0n) is 11.3. The fraction of sp³-hybridized carbons (Fsp3) is 0.917. The van der Waals surface area contributed by atoms with Crippen LogP contribution in [0.1, 0.15) is 53.9 Å². The molecule has 0 aromatic heterocycles. The molecule has 0 aromatic carbocycles. The number of nitrogens with zero attached hydrogens (tertiary/aromatic N) is 1. The maximum Gasteiger partial charge on any atom is 0.188 e. The van der Waals surface area contributed by atoms with Crippen molar-refractivity contribution in [2.45, 2.75) is 59.9 Å². The summed E-state index contributed by atoms with van der Waals surface area (Å²) < 4.78 is 0. The molecule has 0 spiro atoms. The van der Waals surface area contributed by atoms with Gasteiger partial charge in [0.2, 0.25) is 0 Å². The average molecular weight is 341 g/mol. The van der Waals surface area contributed by atoms with E-state index in [1.54, 1.807) is 0 Å². The van der Waals surface area contributed by atoms with Crippen LogP contribution in [0.3, 0.4) is 0 Å². The zero-order valence-corrected chi connectivity index (χ0v) is 13.7. The molecule has 3 N–H and O–H groups in total. The minimum atomic E-state index is 0. The summed E-state index contributed by atoms with van der Waals surface area (Å²) in [6, 6.07) is 0.413. The van der Waals surface area contributed by atoms with E-state index < -0.39 is 0 Å². The van der Waals surface area contributed by atoms with E-state index in [4.69, 9.17) is 5.73 Å². The number of hydrogen-bond acceptors (Lipinski definition) is 1. The summed E-state index contributed by atoms with van der Waals surface area (Å²) in [4.78, 5) is 4.30. The van der Waals surface area contributed by atoms with Crippen LogP contribution in [0.4, 0.5) is 0 Å². The monoisotopic (exact) mass is 341 g/mol. The van der Waals surface area contributed by atoms with Crippen molar-refractivity contribution in [1.29, 1.82) is 0 Å². The van der Waals surface area contributed by atoms with E-state index in [-0.39, 0.29) is 24.0 Å². The Bertz CT molecular complexity index is 197. The van der Waals surface area contributed by atoms with E-state index in [0.29, 0.717) is 17.4 Å². The third kappa shape index (κ3) is 12.1. The third-order valence-corrected chi connectivity index (χ3v) is 2.37. The molecule has 0 fully saturated rings. The van der Waals surface area contributed by atoms with Crippen LogP contribution in [0.15, 0.2) is 4.99 Å². The molecule has 1 atom stereocenters. The third-order valence-electron chi connectivity index (χ3n) is 2.37. The first-order valence-electron chi connectivity index (χ1n) is 5.91. The van der Waals surface area contributed by atoms with Gasteiger partial charge in [0.1, 0.15) is 0 Å². The Morgan fingerprint density at radius 2 is 1.94 bits per heavy atom. The Morgan fingerprint density at radius 1 is 1.38 bits per heavy atom. The molecule has 0 rings (SSSR count). The molecule has 4 heteroatoms. The summed E-state index contributed by atoms with van der Waals surface area (Å²) >= 11 is 0. The van der Waals surface area contributed by atoms with Gasteiger partial charge in [-0.25, -0.2) is 0 Å². The fourth-order valence-electron chi connectivity index (χ4n) is 1.21. The summed E-state index contributed by atoms with van der Waals surface area (Å²) in [6.07, 6.45) is 3.36. The standard InChI is InChI=1S/C12H27N3.HI/c1-6-10(2)15-11(13)14-9-7-8-12(3,4)5;/h10H,6-9H2,1-5H3,(H3,13,14,15);1H. The van der Waals surface area contributed by atoms with Crippen LogP contribution in [0, 0.1) is 5.41 Å². The van der Waals surface area contributed by atoms with Gasteiger partial charge >= 0.3 is 0 Å². The lowest BCUT2D eigenvalue weighted by atomic mass is 9.91. The van der Waals surface area contributed by atoms with Gasteiger partial charge in [-0.3, -0.25) is 4.99 Å². The molecule has 0 heterocycles. The number of aliphatic imine (C=N–C) groups is 1. The van der Waals surface area contributed by atoms with E-state index in [1.807, 2.05) is 0 Å². The predicted molar refractivity (Wildman–Crippen MR) is 83.5 cm³/mol. The Balaban J connectivity index is 0. The molecule has 0 saturated carbocycles. The number of nitrogens with two attached hydrogens (primary N) is 1. The van der Waals surface area contributed by atoms with E-state index in [0.717, 1.165) is 19.4 Å². The molecule has 16 heavy (non-hydrogen) atoms. The molecule has 0 aliphatic heterocycles. The van der Waals surface area contributed by atoms with E-state index >= 15 is 0 Å². The maximum absolute atomic E-state index is 5.74. The highest BCUT2D eigenvalue weighted by molar-refractivity contribution is 14.0. The molecular formula is C12H28IN3. The van der Waals surface area contributed by atoms with E-state index in [9.17, 15) is 0 Å². The Morgan fingerprint density at radius 3 is 2.38 bits per heavy atom. The quantitative estimate of drug-likeness (QED) is 0.349. The van der Waals surface area contributed by atoms with Crippen molar-refractivity contribution in [1.82, 2.24) is 5.32 Å². The molecule has 0 aromatic rings. The van der Waals surface area contributed by atoms with Gasteiger partial charge < -0.3 is 11.1 Å². The zero-order chi connectivity index (χ0) is 11.9. The van der Waals surface area contributed by atoms with Gasteiger partial charge in [0, 0.05) is 12.6 Å². The van der Waals surface area contributed by atoms with Gasteiger partial charge in [-0.15, -0.1) is 24.0 Å². The lowest BCUT2D eigenvalue weighted by Crippen LogP contribution is -2.38. The lowest BCUT2D eigenvalue weighted by Gasteiger charge is -2.17. The predicted octanol–water partition coefficient (Wildman–Crippen LogP) is 3.13. The van der Waals surface area contributed by atoms with Crippen molar-refractivity contribution in [3.63, 3.8) is 0 Å². The van der Waals surface area contributed by atoms with E-state index in [2.05, 4.69) is 44.9 Å². The number of halogens is 1. The van der Waals surface area contributed by atoms with Crippen LogP contribution in [0.5, 0.6) is 0 Å². The highest BCUT2D eigenvalue weighted by atomic mass is 127. The molecule has 0 radical (unpaired) electrons. The van der Waals surface area contributed by atoms with Crippen molar-refractivity contribution < 1.29 is 0 Å². The SMILES string of the molecule is CCC(C)NC(N)=NCCCC(C)(C)C.I. The molecule has 0 aliphatic rings. The second-order valence-corrected chi connectivity index (χ2v) is 5.38. The maximum atomic E-state index is 5.74. The topological polar surface area (TPSA) is 50.4 Å². The molecule has 98 valence electrons. The van der Waals surface area contributed by atoms with Crippen LogP contribution in [-0.2, 0) is 0 Å². The van der Waals surface area contributed by atoms with Crippen molar-refractivity contribution in [3.05, 3.63) is 0 Å². The fourth-order valence-corrected chi connectivity index (χ4v) is 1.21. The molecular weight excluding hydrogens is 313 g/mol. The number of rotatable bonds is 5. The number of guanidine groups is 1. The summed E-state index contributed by atoms with van der Waals surface area (Å²) in [6.45, 7) is 11.8. The molecule has 0 aliphatic carbocycles. The van der Waals surface area contributed by atoms with E-state index in [1.165, 1.54) is 6.42 Å². The Labute approximate surface area is 118 Å². The normalized spacial score (nSPS) is 14.2. The Kier molecular flexibility index (Phi) is 10.4. The first-order chi connectivity index (χ1) is 6.85. The van der Waals surface area contributed by atoms with Crippen LogP contribution in [0.2, 0.25) is 0 Å². The summed E-state index contributed by atoms with van der Waals surface area (Å²) in [7, 11) is 0. The number of nitrogens with one attached hydrogen (secondary N) is 1. The van der Waals surface area contributed by atoms with Gasteiger partial charge in [-0.2, -0.15) is 0 Å². The molecule has 0 saturated heterocycles. The van der Waals surface area contributed by atoms with Crippen LogP contribution in [0.25, 0.3) is 0 Å². The summed E-state index contributed by atoms with van der Waals surface area (Å²) in [5, 5.41) is 3.15. The smallest absolute Gasteiger partial charge is 0.188 e. The first-order valence-corrected chi connectivity index (χ1v) is 5.91. The second kappa shape index (κ2) is 9.07. The lowest BCUT2D eigenvalue weighted by molar-refractivity contribution is 0.368. The second-order valence-electron chi connectivity index (χ2n) is 5.38. The van der Waals surface area contributed by atoms with Crippen molar-refractivity contribution >= 4 is 29.9 Å². The van der Waals surface area contributed by atoms with Gasteiger partial charge in [0.15, 0.2) is 5.96 Å². The molecule has 0 amide bonds. The highest BCUT2D eigenvalue weighted by Gasteiger charge is 2.08. The van der Waals surface area contributed by atoms with Crippen molar-refractivity contribution in [2.75, 3.05) is 6.54 Å². The summed E-state index contributed by atoms with van der Waals surface area (Å²) in [5.41, 5.74) is 6.14. The summed E-state index contributed by atoms with van der Waals surface area (Å²) in [5.74, 6) is 0.582. The van der Waals surface area contributed by atoms with Crippen molar-refractivity contribution in [3.8, 4) is 0 Å². The molecule has 3 nitrogen and oxygen atoms in total. The van der Waals surface area contributed by atoms with Gasteiger partial charge in [-0.05, 0) is 31.6 Å². The van der Waals surface area contributed by atoms with Crippen molar-refractivity contribution in [2.24, 2.45) is 16.1 Å². The largest absolute Gasteiger partial charge is 0.370 e. The molecule has 0 bridgehead atoms. The molecule has 1 unspecified atom stereocenters. The van der Waals surface area contributed by atoms with Crippen LogP contribution < -0.4 is 11.1 Å². The Hall–Kier alpha value is 0. The van der Waals surface area contributed by atoms with Crippen LogP contribution in [-0.4, -0.2) is 18.5 Å². The number of hydrogen-bond donors (Lipinski definition) is 2. The average Bonchev–Trinajstić information content (AvgIpc) is 2.11. The van der Waals surface area contributed by atoms with Gasteiger partial charge in [0.25, 0.3) is 0 Å².